The number of unbranched alkanes of at least 4 members (excludes halogenated alkanes) is 1. The first-order valence-corrected chi connectivity index (χ1v) is 11.8. The monoisotopic (exact) mass is 432 g/mol. The second-order valence-electron chi connectivity index (χ2n) is 6.80. The van der Waals surface area contributed by atoms with Crippen molar-refractivity contribution in [3.05, 3.63) is 12.2 Å². The minimum atomic E-state index is -2.67. The molecule has 2 amide bonds. The summed E-state index contributed by atoms with van der Waals surface area (Å²) in [4.78, 5) is 24.2. The number of rotatable bonds is 12. The van der Waals surface area contributed by atoms with Gasteiger partial charge in [0, 0.05) is 40.5 Å². The van der Waals surface area contributed by atoms with E-state index < -0.39 is 45.4 Å². The van der Waals surface area contributed by atoms with E-state index in [4.69, 9.17) is 27.5 Å². The summed E-state index contributed by atoms with van der Waals surface area (Å²) in [6.07, 6.45) is 2.73. The molecule has 0 radical (unpaired) electrons. The molecule has 0 aliphatic carbocycles. The zero-order valence-corrected chi connectivity index (χ0v) is 18.5. The third-order valence-corrected chi connectivity index (χ3v) is 7.76. The summed E-state index contributed by atoms with van der Waals surface area (Å²) in [5.74, 6) is 0. The fourth-order valence-electron chi connectivity index (χ4n) is 3.26. The molecule has 0 spiro atoms. The quantitative estimate of drug-likeness (QED) is 0.271. The standard InChI is InChI=1S/C18H32N2O8Si/c1-5-6-10-19-17(21)27-15-13-8-9-14(26-13)16(15)28-18(22)20-11-7-12-29(23-2,24-3)25-4/h8-9,13-16H,5-7,10-12H2,1-4H3,(H,19,21)(H,20,22). The largest absolute Gasteiger partial charge is 0.500 e. The normalized spacial score (nSPS) is 25.1. The molecule has 11 heteroatoms. The molecule has 166 valence electrons. The van der Waals surface area contributed by atoms with Crippen molar-refractivity contribution in [2.45, 2.75) is 56.6 Å². The highest BCUT2D eigenvalue weighted by atomic mass is 28.4. The van der Waals surface area contributed by atoms with E-state index in [-0.39, 0.29) is 0 Å². The molecule has 2 bridgehead atoms. The van der Waals surface area contributed by atoms with Gasteiger partial charge in [0.25, 0.3) is 0 Å². The maximum Gasteiger partial charge on any atom is 0.500 e. The maximum absolute atomic E-state index is 12.2. The molecular weight excluding hydrogens is 400 g/mol. The average molecular weight is 433 g/mol. The van der Waals surface area contributed by atoms with Gasteiger partial charge in [-0.1, -0.05) is 25.5 Å². The second-order valence-corrected chi connectivity index (χ2v) is 9.89. The lowest BCUT2D eigenvalue weighted by Crippen LogP contribution is -2.45. The van der Waals surface area contributed by atoms with E-state index in [0.29, 0.717) is 25.6 Å². The van der Waals surface area contributed by atoms with Gasteiger partial charge < -0.3 is 38.1 Å². The van der Waals surface area contributed by atoms with Gasteiger partial charge >= 0.3 is 21.0 Å². The minimum absolute atomic E-state index is 0.365. The number of amides is 2. The molecule has 0 aromatic carbocycles. The van der Waals surface area contributed by atoms with Crippen LogP contribution in [0, 0.1) is 0 Å². The lowest BCUT2D eigenvalue weighted by atomic mass is 10.0. The van der Waals surface area contributed by atoms with Crippen LogP contribution in [0.2, 0.25) is 6.04 Å². The van der Waals surface area contributed by atoms with Gasteiger partial charge in [0.1, 0.15) is 12.2 Å². The third kappa shape index (κ3) is 6.41. The molecule has 2 heterocycles. The molecule has 10 nitrogen and oxygen atoms in total. The van der Waals surface area contributed by atoms with Crippen LogP contribution in [0.15, 0.2) is 12.2 Å². The van der Waals surface area contributed by atoms with Crippen LogP contribution in [0.1, 0.15) is 26.2 Å². The number of ether oxygens (including phenoxy) is 3. The molecule has 4 atom stereocenters. The molecule has 0 aromatic rings. The Hall–Kier alpha value is -1.66. The van der Waals surface area contributed by atoms with Crippen LogP contribution in [0.25, 0.3) is 0 Å². The van der Waals surface area contributed by atoms with Gasteiger partial charge in [0.2, 0.25) is 0 Å². The number of carbonyl (C=O) groups is 2. The Morgan fingerprint density at radius 1 is 0.897 bits per heavy atom. The fraction of sp³-hybridized carbons (Fsp3) is 0.778. The number of alkyl carbamates (subject to hydrolysis) is 2. The van der Waals surface area contributed by atoms with Crippen molar-refractivity contribution >= 4 is 21.0 Å². The Kier molecular flexibility index (Phi) is 9.37. The lowest BCUT2D eigenvalue weighted by Gasteiger charge is -2.25. The SMILES string of the molecule is CCCCNC(=O)OC1C2C=CC(O2)C1OC(=O)NCCC[Si](OC)(OC)OC. The Morgan fingerprint density at radius 3 is 1.83 bits per heavy atom. The van der Waals surface area contributed by atoms with Gasteiger partial charge in [0.15, 0.2) is 12.2 Å². The van der Waals surface area contributed by atoms with Crippen LogP contribution in [-0.4, -0.2) is 79.8 Å². The zero-order valence-electron chi connectivity index (χ0n) is 17.5. The van der Waals surface area contributed by atoms with Crippen molar-refractivity contribution in [2.24, 2.45) is 0 Å². The number of nitrogens with one attached hydrogen (secondary N) is 2. The Morgan fingerprint density at radius 2 is 1.38 bits per heavy atom. The van der Waals surface area contributed by atoms with Crippen LogP contribution in [0.5, 0.6) is 0 Å². The number of hydrogen-bond donors (Lipinski definition) is 2. The summed E-state index contributed by atoms with van der Waals surface area (Å²) in [5.41, 5.74) is 0. The number of hydrogen-bond acceptors (Lipinski definition) is 8. The molecule has 2 aliphatic rings. The molecular formula is C18H32N2O8Si. The highest BCUT2D eigenvalue weighted by molar-refractivity contribution is 6.60. The van der Waals surface area contributed by atoms with E-state index in [1.165, 1.54) is 0 Å². The molecule has 0 saturated carbocycles. The lowest BCUT2D eigenvalue weighted by molar-refractivity contribution is 0.00236. The van der Waals surface area contributed by atoms with Gasteiger partial charge in [-0.15, -0.1) is 0 Å². The van der Waals surface area contributed by atoms with Crippen molar-refractivity contribution in [2.75, 3.05) is 34.4 Å². The highest BCUT2D eigenvalue weighted by Gasteiger charge is 2.51. The van der Waals surface area contributed by atoms with Crippen LogP contribution < -0.4 is 10.6 Å². The zero-order chi connectivity index (χ0) is 21.3. The van der Waals surface area contributed by atoms with E-state index >= 15 is 0 Å². The smallest absolute Gasteiger partial charge is 0.439 e. The first-order chi connectivity index (χ1) is 14.0. The predicted octanol–water partition coefficient (Wildman–Crippen LogP) is 1.58. The first kappa shape index (κ1) is 23.6. The van der Waals surface area contributed by atoms with Crippen LogP contribution >= 0.6 is 0 Å². The minimum Gasteiger partial charge on any atom is -0.439 e. The fourth-order valence-corrected chi connectivity index (χ4v) is 4.98. The molecule has 2 aliphatic heterocycles. The molecule has 4 unspecified atom stereocenters. The van der Waals surface area contributed by atoms with Gasteiger partial charge in [0.05, 0.1) is 0 Å². The van der Waals surface area contributed by atoms with Crippen molar-refractivity contribution in [3.63, 3.8) is 0 Å². The summed E-state index contributed by atoms with van der Waals surface area (Å²) < 4.78 is 32.6. The summed E-state index contributed by atoms with van der Waals surface area (Å²) in [6.45, 7) is 2.93. The molecule has 2 rings (SSSR count). The van der Waals surface area contributed by atoms with Gasteiger partial charge in [-0.25, -0.2) is 9.59 Å². The van der Waals surface area contributed by atoms with Crippen molar-refractivity contribution in [1.82, 2.24) is 10.6 Å². The molecule has 1 fully saturated rings. The number of carbonyl (C=O) groups excluding carboxylic acids is 2. The Bertz CT molecular complexity index is 564. The Labute approximate surface area is 172 Å². The van der Waals surface area contributed by atoms with Crippen LogP contribution in [0.4, 0.5) is 9.59 Å². The first-order valence-electron chi connectivity index (χ1n) is 9.86. The Balaban J connectivity index is 1.77. The average Bonchev–Trinajstić information content (AvgIpc) is 3.32. The molecule has 0 aromatic heterocycles. The number of fused-ring (bicyclic) bond motifs is 2. The van der Waals surface area contributed by atoms with Gasteiger partial charge in [-0.05, 0) is 12.8 Å². The predicted molar refractivity (Wildman–Crippen MR) is 105 cm³/mol. The van der Waals surface area contributed by atoms with E-state index in [9.17, 15) is 9.59 Å². The summed E-state index contributed by atoms with van der Waals surface area (Å²) in [7, 11) is 1.97. The highest BCUT2D eigenvalue weighted by Crippen LogP contribution is 2.33. The van der Waals surface area contributed by atoms with E-state index in [1.54, 1.807) is 21.3 Å². The second kappa shape index (κ2) is 11.5. The topological polar surface area (TPSA) is 114 Å². The van der Waals surface area contributed by atoms with Gasteiger partial charge in [-0.3, -0.25) is 0 Å². The van der Waals surface area contributed by atoms with E-state index in [0.717, 1.165) is 12.8 Å². The van der Waals surface area contributed by atoms with E-state index in [2.05, 4.69) is 10.6 Å². The van der Waals surface area contributed by atoms with Crippen LogP contribution in [0.3, 0.4) is 0 Å². The summed E-state index contributed by atoms with van der Waals surface area (Å²) in [5, 5.41) is 5.38. The van der Waals surface area contributed by atoms with Gasteiger partial charge in [-0.2, -0.15) is 0 Å². The van der Waals surface area contributed by atoms with E-state index in [1.807, 2.05) is 19.1 Å². The molecule has 2 N–H and O–H groups in total. The van der Waals surface area contributed by atoms with Crippen LogP contribution in [-0.2, 0) is 27.5 Å². The summed E-state index contributed by atoms with van der Waals surface area (Å²) in [6, 6.07) is 0.556. The van der Waals surface area contributed by atoms with Crippen molar-refractivity contribution in [1.29, 1.82) is 0 Å². The maximum atomic E-state index is 12.2. The molecule has 29 heavy (non-hydrogen) atoms. The molecule has 1 saturated heterocycles. The third-order valence-electron chi connectivity index (χ3n) is 4.92. The van der Waals surface area contributed by atoms with Crippen molar-refractivity contribution < 1.29 is 37.1 Å². The summed E-state index contributed by atoms with van der Waals surface area (Å²) >= 11 is 0. The van der Waals surface area contributed by atoms with Crippen molar-refractivity contribution in [3.8, 4) is 0 Å².